The summed E-state index contributed by atoms with van der Waals surface area (Å²) in [4.78, 5) is 24.2. The Hall–Kier alpha value is -1.64. The summed E-state index contributed by atoms with van der Waals surface area (Å²) in [5, 5.41) is 9.58. The van der Waals surface area contributed by atoms with Gasteiger partial charge in [0.1, 0.15) is 17.5 Å². The number of benzene rings is 1. The first kappa shape index (κ1) is 12.8. The Morgan fingerprint density at radius 2 is 2.06 bits per heavy atom. The highest BCUT2D eigenvalue weighted by Gasteiger charge is 2.36. The monoisotopic (exact) mass is 246 g/mol. The first-order valence-electron chi connectivity index (χ1n) is 6.42. The Labute approximate surface area is 107 Å². The summed E-state index contributed by atoms with van der Waals surface area (Å²) < 4.78 is 0. The number of hydrogen-bond acceptors (Lipinski definition) is 3. The first-order chi connectivity index (χ1) is 8.54. The number of Topliss-reactive ketones (excluding diaryl/α,β-unsaturated/α-hetero) is 2. The summed E-state index contributed by atoms with van der Waals surface area (Å²) in [6.07, 6.45) is 1.85. The van der Waals surface area contributed by atoms with Crippen molar-refractivity contribution in [2.24, 2.45) is 5.92 Å². The summed E-state index contributed by atoms with van der Waals surface area (Å²) in [5.41, 5.74) is 1.66. The number of carbonyl (C=O) groups excluding carboxylic acids is 2. The van der Waals surface area contributed by atoms with E-state index in [1.54, 1.807) is 18.2 Å². The molecular weight excluding hydrogens is 228 g/mol. The van der Waals surface area contributed by atoms with E-state index in [0.717, 1.165) is 12.0 Å². The Morgan fingerprint density at radius 3 is 2.72 bits per heavy atom. The lowest BCUT2D eigenvalue weighted by Crippen LogP contribution is -2.32. The van der Waals surface area contributed by atoms with Crippen LogP contribution >= 0.6 is 0 Å². The minimum Gasteiger partial charge on any atom is -0.508 e. The van der Waals surface area contributed by atoms with Crippen LogP contribution in [-0.2, 0) is 16.0 Å². The summed E-state index contributed by atoms with van der Waals surface area (Å²) in [6, 6.07) is 4.96. The summed E-state index contributed by atoms with van der Waals surface area (Å²) >= 11 is 0. The minimum absolute atomic E-state index is 0.00782. The Balaban J connectivity index is 2.48. The average Bonchev–Trinajstić information content (AvgIpc) is 2.35. The van der Waals surface area contributed by atoms with Gasteiger partial charge in [-0.1, -0.05) is 19.9 Å². The molecule has 1 aromatic carbocycles. The normalized spacial score (nSPS) is 24.3. The number of aryl methyl sites for hydroxylation is 1. The number of carbonyl (C=O) groups is 2. The highest BCUT2D eigenvalue weighted by atomic mass is 16.3. The van der Waals surface area contributed by atoms with Crippen molar-refractivity contribution in [3.8, 4) is 5.75 Å². The van der Waals surface area contributed by atoms with E-state index in [1.807, 2.05) is 13.8 Å². The Morgan fingerprint density at radius 1 is 1.33 bits per heavy atom. The molecule has 0 aromatic heterocycles. The van der Waals surface area contributed by atoms with Gasteiger partial charge in [0.05, 0.1) is 0 Å². The highest BCUT2D eigenvalue weighted by molar-refractivity contribution is 6.10. The van der Waals surface area contributed by atoms with E-state index in [4.69, 9.17) is 0 Å². The molecule has 0 saturated heterocycles. The van der Waals surface area contributed by atoms with E-state index in [9.17, 15) is 14.7 Å². The van der Waals surface area contributed by atoms with Crippen LogP contribution in [0.3, 0.4) is 0 Å². The van der Waals surface area contributed by atoms with E-state index < -0.39 is 5.92 Å². The van der Waals surface area contributed by atoms with Gasteiger partial charge in [-0.3, -0.25) is 9.59 Å². The molecule has 1 aliphatic carbocycles. The molecule has 1 aromatic rings. The molecule has 0 spiro atoms. The van der Waals surface area contributed by atoms with Gasteiger partial charge < -0.3 is 5.11 Å². The van der Waals surface area contributed by atoms with Crippen molar-refractivity contribution in [2.75, 3.05) is 0 Å². The van der Waals surface area contributed by atoms with Crippen molar-refractivity contribution in [3.63, 3.8) is 0 Å². The largest absolute Gasteiger partial charge is 0.508 e. The summed E-state index contributed by atoms with van der Waals surface area (Å²) in [6.45, 7) is 3.85. The summed E-state index contributed by atoms with van der Waals surface area (Å²) in [5.74, 6) is -0.651. The maximum absolute atomic E-state index is 12.2. The lowest BCUT2D eigenvalue weighted by molar-refractivity contribution is -0.134. The zero-order valence-corrected chi connectivity index (χ0v) is 10.8. The van der Waals surface area contributed by atoms with Gasteiger partial charge in [-0.05, 0) is 36.1 Å². The van der Waals surface area contributed by atoms with E-state index >= 15 is 0 Å². The fraction of sp³-hybridized carbons (Fsp3) is 0.467. The van der Waals surface area contributed by atoms with Crippen LogP contribution < -0.4 is 0 Å². The third-order valence-corrected chi connectivity index (χ3v) is 3.74. The molecule has 18 heavy (non-hydrogen) atoms. The van der Waals surface area contributed by atoms with Crippen molar-refractivity contribution < 1.29 is 14.7 Å². The lowest BCUT2D eigenvalue weighted by atomic mass is 9.75. The fourth-order valence-electron chi connectivity index (χ4n) is 2.59. The van der Waals surface area contributed by atoms with Crippen LogP contribution in [0.1, 0.15) is 43.7 Å². The number of ketones is 2. The van der Waals surface area contributed by atoms with E-state index in [-0.39, 0.29) is 23.2 Å². The van der Waals surface area contributed by atoms with Gasteiger partial charge in [-0.25, -0.2) is 0 Å². The highest BCUT2D eigenvalue weighted by Crippen LogP contribution is 2.34. The van der Waals surface area contributed by atoms with Gasteiger partial charge in [0, 0.05) is 12.3 Å². The van der Waals surface area contributed by atoms with Gasteiger partial charge >= 0.3 is 0 Å². The van der Waals surface area contributed by atoms with E-state index in [1.165, 1.54) is 0 Å². The number of phenolic OH excluding ortho intramolecular Hbond substituents is 1. The lowest BCUT2D eigenvalue weighted by Gasteiger charge is -2.26. The zero-order chi connectivity index (χ0) is 13.3. The molecule has 2 unspecified atom stereocenters. The van der Waals surface area contributed by atoms with Crippen LogP contribution in [0, 0.1) is 5.92 Å². The van der Waals surface area contributed by atoms with Crippen LogP contribution in [0.4, 0.5) is 0 Å². The number of phenols is 1. The molecule has 0 heterocycles. The number of aromatic hydroxyl groups is 1. The van der Waals surface area contributed by atoms with Crippen molar-refractivity contribution in [2.45, 2.75) is 39.0 Å². The average molecular weight is 246 g/mol. The predicted octanol–water partition coefficient (Wildman–Crippen LogP) is 2.61. The van der Waals surface area contributed by atoms with Gasteiger partial charge in [0.2, 0.25) is 0 Å². The van der Waals surface area contributed by atoms with Gasteiger partial charge in [0.15, 0.2) is 5.78 Å². The molecule has 1 N–H and O–H groups in total. The zero-order valence-electron chi connectivity index (χ0n) is 10.8. The molecule has 2 rings (SSSR count). The summed E-state index contributed by atoms with van der Waals surface area (Å²) in [7, 11) is 0. The van der Waals surface area contributed by atoms with Crippen molar-refractivity contribution >= 4 is 11.6 Å². The van der Waals surface area contributed by atoms with Gasteiger partial charge in [-0.2, -0.15) is 0 Å². The maximum atomic E-state index is 12.2. The third-order valence-electron chi connectivity index (χ3n) is 3.74. The minimum atomic E-state index is -0.671. The van der Waals surface area contributed by atoms with Crippen LogP contribution in [0.15, 0.2) is 18.2 Å². The molecule has 1 fully saturated rings. The molecule has 0 aliphatic heterocycles. The fourth-order valence-corrected chi connectivity index (χ4v) is 2.59. The smallest absolute Gasteiger partial charge is 0.150 e. The van der Waals surface area contributed by atoms with Gasteiger partial charge in [0.25, 0.3) is 0 Å². The second kappa shape index (κ2) is 4.92. The molecule has 1 aliphatic rings. The second-order valence-corrected chi connectivity index (χ2v) is 4.98. The predicted molar refractivity (Wildman–Crippen MR) is 68.6 cm³/mol. The van der Waals surface area contributed by atoms with Gasteiger partial charge in [-0.15, -0.1) is 0 Å². The molecule has 3 heteroatoms. The Bertz CT molecular complexity index is 491. The molecular formula is C15H18O3. The van der Waals surface area contributed by atoms with Crippen molar-refractivity contribution in [3.05, 3.63) is 29.3 Å². The van der Waals surface area contributed by atoms with Crippen LogP contribution in [0.2, 0.25) is 0 Å². The molecule has 1 saturated carbocycles. The molecule has 3 nitrogen and oxygen atoms in total. The second-order valence-electron chi connectivity index (χ2n) is 4.98. The van der Waals surface area contributed by atoms with Crippen LogP contribution in [0.25, 0.3) is 0 Å². The van der Waals surface area contributed by atoms with E-state index in [0.29, 0.717) is 18.4 Å². The molecule has 96 valence electrons. The molecule has 2 atom stereocenters. The Kier molecular flexibility index (Phi) is 3.50. The van der Waals surface area contributed by atoms with Crippen LogP contribution in [0.5, 0.6) is 5.75 Å². The molecule has 0 bridgehead atoms. The van der Waals surface area contributed by atoms with Crippen LogP contribution in [-0.4, -0.2) is 16.7 Å². The molecule has 0 radical (unpaired) electrons. The topological polar surface area (TPSA) is 54.4 Å². The molecule has 0 amide bonds. The van der Waals surface area contributed by atoms with Crippen molar-refractivity contribution in [1.82, 2.24) is 0 Å². The standard InChI is InChI=1S/C15H18O3/c1-3-10-5-6-11(16)8-12(10)14-13(17)7-4-9(2)15(14)18/h5-6,8-9,14,16H,3-4,7H2,1-2H3. The van der Waals surface area contributed by atoms with Crippen molar-refractivity contribution in [1.29, 1.82) is 0 Å². The number of rotatable bonds is 2. The quantitative estimate of drug-likeness (QED) is 0.816. The SMILES string of the molecule is CCc1ccc(O)cc1C1C(=O)CCC(C)C1=O. The maximum Gasteiger partial charge on any atom is 0.150 e. The van der Waals surface area contributed by atoms with E-state index in [2.05, 4.69) is 0 Å². The number of hydrogen-bond donors (Lipinski definition) is 1. The first-order valence-corrected chi connectivity index (χ1v) is 6.42. The third kappa shape index (κ3) is 2.17.